The number of H-pyrrole nitrogens is 1. The average Bonchev–Trinajstić information content (AvgIpc) is 2.30. The summed E-state index contributed by atoms with van der Waals surface area (Å²) in [6, 6.07) is 1.48. The molecular weight excluding hydrogens is 230 g/mol. The summed E-state index contributed by atoms with van der Waals surface area (Å²) in [5.74, 6) is 0.303. The molecule has 1 aliphatic heterocycles. The van der Waals surface area contributed by atoms with Crippen molar-refractivity contribution in [2.75, 3.05) is 11.9 Å². The minimum Gasteiger partial charge on any atom is -0.388 e. The topological polar surface area (TPSA) is 128 Å². The van der Waals surface area contributed by atoms with E-state index < -0.39 is 30.2 Å². The van der Waals surface area contributed by atoms with Crippen LogP contribution < -0.4 is 11.0 Å². The van der Waals surface area contributed by atoms with Crippen molar-refractivity contribution in [3.8, 4) is 0 Å². The van der Waals surface area contributed by atoms with Crippen LogP contribution in [0.3, 0.4) is 0 Å². The molecule has 0 bridgehead atoms. The summed E-state index contributed by atoms with van der Waals surface area (Å²) in [5.41, 5.74) is -0.541. The number of hydrogen-bond donors (Lipinski definition) is 5. The highest BCUT2D eigenvalue weighted by Gasteiger charge is 2.37. The summed E-state index contributed by atoms with van der Waals surface area (Å²) >= 11 is 0. The molecule has 2 heterocycles. The molecule has 1 fully saturated rings. The number of aromatic amines is 1. The fourth-order valence-electron chi connectivity index (χ4n) is 1.54. The molecule has 8 heteroatoms. The Bertz CT molecular complexity index is 437. The highest BCUT2D eigenvalue weighted by atomic mass is 16.5. The van der Waals surface area contributed by atoms with Crippen LogP contribution in [0.25, 0.3) is 0 Å². The summed E-state index contributed by atoms with van der Waals surface area (Å²) in [6.07, 6.45) is -3.34. The Labute approximate surface area is 95.9 Å². The third-order valence-electron chi connectivity index (χ3n) is 2.47. The summed E-state index contributed by atoms with van der Waals surface area (Å²) in [7, 11) is 0. The zero-order valence-corrected chi connectivity index (χ0v) is 8.78. The molecule has 1 aliphatic rings. The van der Waals surface area contributed by atoms with Crippen molar-refractivity contribution in [3.05, 3.63) is 22.7 Å². The fraction of sp³-hybridized carbons (Fsp3) is 0.556. The van der Waals surface area contributed by atoms with E-state index >= 15 is 0 Å². The number of anilines is 1. The lowest BCUT2D eigenvalue weighted by molar-refractivity contribution is -0.178. The maximum Gasteiger partial charge on any atom is 0.346 e. The van der Waals surface area contributed by atoms with Gasteiger partial charge in [0.2, 0.25) is 0 Å². The van der Waals surface area contributed by atoms with Crippen LogP contribution in [0.15, 0.2) is 17.1 Å². The molecule has 0 unspecified atom stereocenters. The van der Waals surface area contributed by atoms with E-state index in [1.165, 1.54) is 12.3 Å². The molecule has 1 aromatic rings. The number of aliphatic hydroxyl groups is 3. The van der Waals surface area contributed by atoms with Crippen molar-refractivity contribution >= 4 is 5.82 Å². The molecule has 5 N–H and O–H groups in total. The second-order valence-corrected chi connectivity index (χ2v) is 3.74. The van der Waals surface area contributed by atoms with Gasteiger partial charge in [-0.25, -0.2) is 9.78 Å². The molecule has 1 saturated heterocycles. The van der Waals surface area contributed by atoms with Crippen LogP contribution in [-0.4, -0.2) is 56.4 Å². The van der Waals surface area contributed by atoms with Gasteiger partial charge in [0.25, 0.3) is 0 Å². The van der Waals surface area contributed by atoms with Crippen LogP contribution in [0.4, 0.5) is 5.82 Å². The molecule has 1 aromatic heterocycles. The molecule has 0 amide bonds. The standard InChI is InChI=1S/C9H13N3O5/c13-4-3-17-8(7(15)6(4)14)11-5-1-2-10-9(16)12-5/h1-2,4,6-8,13-15H,3H2,(H2,10,11,12,16)/t4-,6-,7-,8-/m1/s1. The van der Waals surface area contributed by atoms with E-state index in [0.29, 0.717) is 5.82 Å². The van der Waals surface area contributed by atoms with Gasteiger partial charge in [-0.2, -0.15) is 0 Å². The highest BCUT2D eigenvalue weighted by molar-refractivity contribution is 5.32. The number of aromatic nitrogens is 2. The van der Waals surface area contributed by atoms with Crippen LogP contribution in [0.2, 0.25) is 0 Å². The summed E-state index contributed by atoms with van der Waals surface area (Å²) in [4.78, 5) is 16.8. The second kappa shape index (κ2) is 4.80. The van der Waals surface area contributed by atoms with Gasteiger partial charge >= 0.3 is 5.69 Å². The first-order valence-corrected chi connectivity index (χ1v) is 5.05. The molecule has 0 radical (unpaired) electrons. The van der Waals surface area contributed by atoms with Crippen LogP contribution in [0, 0.1) is 0 Å². The molecule has 17 heavy (non-hydrogen) atoms. The van der Waals surface area contributed by atoms with E-state index in [9.17, 15) is 20.1 Å². The van der Waals surface area contributed by atoms with E-state index in [1.807, 2.05) is 0 Å². The molecule has 8 nitrogen and oxygen atoms in total. The highest BCUT2D eigenvalue weighted by Crippen LogP contribution is 2.16. The van der Waals surface area contributed by atoms with Crippen LogP contribution in [0.5, 0.6) is 0 Å². The molecule has 4 atom stereocenters. The van der Waals surface area contributed by atoms with Crippen molar-refractivity contribution in [1.82, 2.24) is 9.97 Å². The lowest BCUT2D eigenvalue weighted by Crippen LogP contribution is -2.55. The van der Waals surface area contributed by atoms with Gasteiger partial charge in [-0.3, -0.25) is 4.98 Å². The Morgan fingerprint density at radius 1 is 1.41 bits per heavy atom. The van der Waals surface area contributed by atoms with Crippen LogP contribution >= 0.6 is 0 Å². The normalized spacial score (nSPS) is 33.4. The average molecular weight is 243 g/mol. The largest absolute Gasteiger partial charge is 0.388 e. The van der Waals surface area contributed by atoms with Crippen molar-refractivity contribution in [2.45, 2.75) is 24.5 Å². The van der Waals surface area contributed by atoms with Gasteiger partial charge in [-0.1, -0.05) is 0 Å². The molecule has 0 spiro atoms. The SMILES string of the molecule is O=c1nccc(N[C@@H]2OC[C@@H](O)[C@@H](O)[C@H]2O)[nH]1. The number of aliphatic hydroxyl groups excluding tert-OH is 3. The van der Waals surface area contributed by atoms with Crippen molar-refractivity contribution in [3.63, 3.8) is 0 Å². The molecule has 0 aromatic carbocycles. The van der Waals surface area contributed by atoms with Gasteiger partial charge in [0.05, 0.1) is 6.61 Å². The van der Waals surface area contributed by atoms with Gasteiger partial charge in [-0.05, 0) is 6.07 Å². The minimum atomic E-state index is -1.30. The summed E-state index contributed by atoms with van der Waals surface area (Å²) in [6.45, 7) is -0.106. The Balaban J connectivity index is 2.06. The first kappa shape index (κ1) is 12.0. The van der Waals surface area contributed by atoms with E-state index in [-0.39, 0.29) is 6.61 Å². The van der Waals surface area contributed by atoms with E-state index in [0.717, 1.165) is 0 Å². The second-order valence-electron chi connectivity index (χ2n) is 3.74. The van der Waals surface area contributed by atoms with E-state index in [1.54, 1.807) is 0 Å². The number of nitrogens with one attached hydrogen (secondary N) is 2. The van der Waals surface area contributed by atoms with Gasteiger partial charge in [0.15, 0.2) is 6.23 Å². The monoisotopic (exact) mass is 243 g/mol. The van der Waals surface area contributed by atoms with Crippen LogP contribution in [-0.2, 0) is 4.74 Å². The lowest BCUT2D eigenvalue weighted by atomic mass is 10.0. The third kappa shape index (κ3) is 2.61. The predicted molar refractivity (Wildman–Crippen MR) is 56.2 cm³/mol. The zero-order valence-electron chi connectivity index (χ0n) is 8.78. The van der Waals surface area contributed by atoms with Gasteiger partial charge < -0.3 is 25.4 Å². The summed E-state index contributed by atoms with van der Waals surface area (Å²) in [5, 5.41) is 31.0. The van der Waals surface area contributed by atoms with Crippen molar-refractivity contribution in [2.24, 2.45) is 0 Å². The first-order valence-electron chi connectivity index (χ1n) is 5.05. The minimum absolute atomic E-state index is 0.106. The Morgan fingerprint density at radius 2 is 2.18 bits per heavy atom. The predicted octanol–water partition coefficient (Wildman–Crippen LogP) is -2.38. The van der Waals surface area contributed by atoms with Crippen molar-refractivity contribution < 1.29 is 20.1 Å². The van der Waals surface area contributed by atoms with E-state index in [4.69, 9.17) is 4.74 Å². The Morgan fingerprint density at radius 3 is 2.88 bits per heavy atom. The van der Waals surface area contributed by atoms with Crippen molar-refractivity contribution in [1.29, 1.82) is 0 Å². The quantitative estimate of drug-likeness (QED) is 0.392. The molecule has 2 rings (SSSR count). The third-order valence-corrected chi connectivity index (χ3v) is 2.47. The van der Waals surface area contributed by atoms with Gasteiger partial charge in [-0.15, -0.1) is 0 Å². The molecule has 0 aliphatic carbocycles. The molecular formula is C9H13N3O5. The van der Waals surface area contributed by atoms with Gasteiger partial charge in [0.1, 0.15) is 24.1 Å². The first-order chi connectivity index (χ1) is 8.08. The molecule has 94 valence electrons. The Kier molecular flexibility index (Phi) is 3.38. The zero-order chi connectivity index (χ0) is 12.4. The lowest BCUT2D eigenvalue weighted by Gasteiger charge is -2.35. The number of nitrogens with zero attached hydrogens (tertiary/aromatic N) is 1. The van der Waals surface area contributed by atoms with E-state index in [2.05, 4.69) is 15.3 Å². The maximum atomic E-state index is 10.9. The fourth-order valence-corrected chi connectivity index (χ4v) is 1.54. The number of ether oxygens (including phenoxy) is 1. The molecule has 0 saturated carbocycles. The summed E-state index contributed by atoms with van der Waals surface area (Å²) < 4.78 is 5.10. The smallest absolute Gasteiger partial charge is 0.346 e. The number of rotatable bonds is 2. The Hall–Kier alpha value is -1.48. The maximum absolute atomic E-state index is 10.9. The van der Waals surface area contributed by atoms with Crippen LogP contribution in [0.1, 0.15) is 0 Å². The number of hydrogen-bond acceptors (Lipinski definition) is 7. The van der Waals surface area contributed by atoms with Gasteiger partial charge in [0, 0.05) is 6.20 Å².